The van der Waals surface area contributed by atoms with E-state index in [1.54, 1.807) is 0 Å². The minimum absolute atomic E-state index is 0.554. The highest BCUT2D eigenvalue weighted by atomic mass is 35.5. The molecule has 0 aliphatic heterocycles. The van der Waals surface area contributed by atoms with E-state index in [-0.39, 0.29) is 0 Å². The molecule has 0 amide bonds. The molecule has 2 aromatic rings. The maximum Gasteiger partial charge on any atom is 0.175 e. The molecule has 4 heteroatoms. The Morgan fingerprint density at radius 3 is 2.45 bits per heavy atom. The first-order chi connectivity index (χ1) is 9.47. The van der Waals surface area contributed by atoms with Gasteiger partial charge in [-0.15, -0.1) is 0 Å². The largest absolute Gasteiger partial charge is 0.332 e. The van der Waals surface area contributed by atoms with E-state index < -0.39 is 0 Å². The van der Waals surface area contributed by atoms with Gasteiger partial charge in [-0.05, 0) is 73.9 Å². The van der Waals surface area contributed by atoms with Crippen LogP contribution in [-0.2, 0) is 0 Å². The molecule has 0 fully saturated rings. The van der Waals surface area contributed by atoms with Gasteiger partial charge in [-0.2, -0.15) is 0 Å². The first kappa shape index (κ1) is 14.8. The van der Waals surface area contributed by atoms with Crippen LogP contribution in [0.4, 0.5) is 11.4 Å². The fourth-order valence-corrected chi connectivity index (χ4v) is 2.25. The summed E-state index contributed by atoms with van der Waals surface area (Å²) in [4.78, 5) is 0. The second kappa shape index (κ2) is 6.25. The van der Waals surface area contributed by atoms with Gasteiger partial charge in [0.25, 0.3) is 0 Å². The van der Waals surface area contributed by atoms with Crippen LogP contribution in [-0.4, -0.2) is 5.11 Å². The van der Waals surface area contributed by atoms with E-state index >= 15 is 0 Å². The van der Waals surface area contributed by atoms with Crippen LogP contribution >= 0.6 is 23.8 Å². The average Bonchev–Trinajstić information content (AvgIpc) is 2.39. The molecule has 0 bridgehead atoms. The Hall–Kier alpha value is -1.58. The summed E-state index contributed by atoms with van der Waals surface area (Å²) < 4.78 is 0. The van der Waals surface area contributed by atoms with E-state index in [4.69, 9.17) is 23.8 Å². The third-order valence-corrected chi connectivity index (χ3v) is 3.89. The topological polar surface area (TPSA) is 24.1 Å². The second-order valence-electron chi connectivity index (χ2n) is 4.79. The number of hydrogen-bond acceptors (Lipinski definition) is 1. The van der Waals surface area contributed by atoms with Gasteiger partial charge in [-0.1, -0.05) is 23.7 Å². The third kappa shape index (κ3) is 3.50. The molecule has 2 N–H and O–H groups in total. The van der Waals surface area contributed by atoms with Crippen molar-refractivity contribution in [2.45, 2.75) is 20.8 Å². The van der Waals surface area contributed by atoms with E-state index in [9.17, 15) is 0 Å². The molecule has 20 heavy (non-hydrogen) atoms. The van der Waals surface area contributed by atoms with Crippen LogP contribution in [0, 0.1) is 20.8 Å². The highest BCUT2D eigenvalue weighted by Gasteiger charge is 2.04. The van der Waals surface area contributed by atoms with Crippen molar-refractivity contribution in [3.63, 3.8) is 0 Å². The molecule has 0 aliphatic rings. The monoisotopic (exact) mass is 304 g/mol. The highest BCUT2D eigenvalue weighted by molar-refractivity contribution is 7.80. The van der Waals surface area contributed by atoms with Crippen molar-refractivity contribution < 1.29 is 0 Å². The Balaban J connectivity index is 2.09. The first-order valence-electron chi connectivity index (χ1n) is 6.38. The van der Waals surface area contributed by atoms with Crippen LogP contribution in [0.25, 0.3) is 0 Å². The Kier molecular flexibility index (Phi) is 4.63. The molecule has 0 spiro atoms. The molecule has 0 radical (unpaired) electrons. The average molecular weight is 305 g/mol. The molecule has 0 atom stereocenters. The zero-order chi connectivity index (χ0) is 14.7. The standard InChI is InChI=1S/C16H17ClN2S/c1-10-7-8-13(9-11(10)2)18-16(20)19-15-6-4-5-14(17)12(15)3/h4-9H,1-3H3,(H2,18,19,20). The molecular weight excluding hydrogens is 288 g/mol. The number of thiocarbonyl (C=S) groups is 1. The summed E-state index contributed by atoms with van der Waals surface area (Å²) in [5.74, 6) is 0. The smallest absolute Gasteiger partial charge is 0.175 e. The lowest BCUT2D eigenvalue weighted by molar-refractivity contribution is 1.34. The molecule has 2 nitrogen and oxygen atoms in total. The first-order valence-corrected chi connectivity index (χ1v) is 7.16. The maximum absolute atomic E-state index is 6.09. The number of aryl methyl sites for hydroxylation is 2. The summed E-state index contributed by atoms with van der Waals surface area (Å²) in [7, 11) is 0. The molecule has 2 aromatic carbocycles. The Labute approximate surface area is 130 Å². The fourth-order valence-electron chi connectivity index (χ4n) is 1.85. The Morgan fingerprint density at radius 1 is 1.00 bits per heavy atom. The molecule has 0 saturated heterocycles. The van der Waals surface area contributed by atoms with Gasteiger partial charge in [0.05, 0.1) is 0 Å². The highest BCUT2D eigenvalue weighted by Crippen LogP contribution is 2.23. The van der Waals surface area contributed by atoms with Gasteiger partial charge in [-0.3, -0.25) is 0 Å². The van der Waals surface area contributed by atoms with Gasteiger partial charge < -0.3 is 10.6 Å². The number of hydrogen-bond donors (Lipinski definition) is 2. The summed E-state index contributed by atoms with van der Waals surface area (Å²) in [6.07, 6.45) is 0. The number of benzene rings is 2. The van der Waals surface area contributed by atoms with E-state index in [2.05, 4.69) is 36.6 Å². The molecule has 104 valence electrons. The predicted octanol–water partition coefficient (Wildman–Crippen LogP) is 5.07. The Bertz CT molecular complexity index is 653. The lowest BCUT2D eigenvalue weighted by atomic mass is 10.1. The SMILES string of the molecule is Cc1ccc(NC(=S)Nc2cccc(Cl)c2C)cc1C. The van der Waals surface area contributed by atoms with Crippen LogP contribution in [0.3, 0.4) is 0 Å². The minimum Gasteiger partial charge on any atom is -0.332 e. The predicted molar refractivity (Wildman–Crippen MR) is 91.9 cm³/mol. The number of nitrogens with one attached hydrogen (secondary N) is 2. The minimum atomic E-state index is 0.554. The van der Waals surface area contributed by atoms with Crippen LogP contribution in [0.1, 0.15) is 16.7 Å². The number of rotatable bonds is 2. The van der Waals surface area contributed by atoms with Crippen molar-refractivity contribution in [2.24, 2.45) is 0 Å². The summed E-state index contributed by atoms with van der Waals surface area (Å²) in [6.45, 7) is 6.13. The van der Waals surface area contributed by atoms with Crippen LogP contribution in [0.15, 0.2) is 36.4 Å². The molecular formula is C16H17ClN2S. The van der Waals surface area contributed by atoms with Gasteiger partial charge in [0.2, 0.25) is 0 Å². The maximum atomic E-state index is 6.09. The van der Waals surface area contributed by atoms with Gasteiger partial charge in [0.15, 0.2) is 5.11 Å². The van der Waals surface area contributed by atoms with Crippen LogP contribution in [0.2, 0.25) is 5.02 Å². The van der Waals surface area contributed by atoms with Crippen molar-refractivity contribution in [3.05, 3.63) is 58.1 Å². The molecule has 2 rings (SSSR count). The quantitative estimate of drug-likeness (QED) is 0.757. The second-order valence-corrected chi connectivity index (χ2v) is 5.61. The summed E-state index contributed by atoms with van der Waals surface area (Å²) in [5.41, 5.74) is 5.37. The summed E-state index contributed by atoms with van der Waals surface area (Å²) in [6, 6.07) is 11.9. The van der Waals surface area contributed by atoms with Crippen molar-refractivity contribution in [2.75, 3.05) is 10.6 Å². The summed E-state index contributed by atoms with van der Waals surface area (Å²) in [5, 5.41) is 7.63. The van der Waals surface area contributed by atoms with Gasteiger partial charge in [0, 0.05) is 16.4 Å². The fraction of sp³-hybridized carbons (Fsp3) is 0.188. The zero-order valence-corrected chi connectivity index (χ0v) is 13.3. The molecule has 0 saturated carbocycles. The zero-order valence-electron chi connectivity index (χ0n) is 11.8. The van der Waals surface area contributed by atoms with Gasteiger partial charge >= 0.3 is 0 Å². The summed E-state index contributed by atoms with van der Waals surface area (Å²) >= 11 is 11.4. The van der Waals surface area contributed by atoms with E-state index in [0.29, 0.717) is 5.11 Å². The van der Waals surface area contributed by atoms with Gasteiger partial charge in [-0.25, -0.2) is 0 Å². The molecule has 0 aliphatic carbocycles. The van der Waals surface area contributed by atoms with Crippen LogP contribution < -0.4 is 10.6 Å². The lowest BCUT2D eigenvalue weighted by Gasteiger charge is -2.14. The lowest BCUT2D eigenvalue weighted by Crippen LogP contribution is -2.19. The van der Waals surface area contributed by atoms with E-state index in [1.807, 2.05) is 31.2 Å². The molecule has 0 heterocycles. The Morgan fingerprint density at radius 2 is 1.75 bits per heavy atom. The van der Waals surface area contributed by atoms with Crippen molar-refractivity contribution in [1.29, 1.82) is 0 Å². The van der Waals surface area contributed by atoms with E-state index in [1.165, 1.54) is 11.1 Å². The van der Waals surface area contributed by atoms with E-state index in [0.717, 1.165) is 22.0 Å². The third-order valence-electron chi connectivity index (χ3n) is 3.28. The molecule has 0 aromatic heterocycles. The van der Waals surface area contributed by atoms with Gasteiger partial charge in [0.1, 0.15) is 0 Å². The van der Waals surface area contributed by atoms with Crippen molar-refractivity contribution in [1.82, 2.24) is 0 Å². The molecule has 0 unspecified atom stereocenters. The van der Waals surface area contributed by atoms with Crippen molar-refractivity contribution >= 4 is 40.3 Å². The van der Waals surface area contributed by atoms with Crippen molar-refractivity contribution in [3.8, 4) is 0 Å². The number of anilines is 2. The number of halogens is 1. The normalized spacial score (nSPS) is 10.2. The van der Waals surface area contributed by atoms with Crippen LogP contribution in [0.5, 0.6) is 0 Å².